The Balaban J connectivity index is 2.22. The van der Waals surface area contributed by atoms with E-state index in [9.17, 15) is 4.79 Å². The molecule has 2 rings (SSSR count). The summed E-state index contributed by atoms with van der Waals surface area (Å²) in [5, 5.41) is 5.03. The van der Waals surface area contributed by atoms with Gasteiger partial charge < -0.3 is 10.2 Å². The molecule has 0 saturated carbocycles. The Kier molecular flexibility index (Phi) is 3.28. The first kappa shape index (κ1) is 11.5. The van der Waals surface area contributed by atoms with Crippen LogP contribution in [0.15, 0.2) is 42.5 Å². The minimum atomic E-state index is -0.0711. The number of hydrogen-bond acceptors (Lipinski definition) is 1. The van der Waals surface area contributed by atoms with E-state index in [1.807, 2.05) is 12.1 Å². The van der Waals surface area contributed by atoms with Crippen LogP contribution >= 0.6 is 0 Å². The van der Waals surface area contributed by atoms with Crippen LogP contribution < -0.4 is 5.32 Å². The molecule has 2 amide bonds. The van der Waals surface area contributed by atoms with E-state index in [2.05, 4.69) is 35.6 Å². The predicted molar refractivity (Wildman–Crippen MR) is 69.9 cm³/mol. The van der Waals surface area contributed by atoms with E-state index in [-0.39, 0.29) is 6.03 Å². The molecule has 1 N–H and O–H groups in total. The molecule has 3 nitrogen and oxygen atoms in total. The normalized spacial score (nSPS) is 10.2. The van der Waals surface area contributed by atoms with Crippen LogP contribution in [-0.4, -0.2) is 25.0 Å². The lowest BCUT2D eigenvalue weighted by Crippen LogP contribution is -2.34. The summed E-state index contributed by atoms with van der Waals surface area (Å²) in [6.07, 6.45) is 0. The number of hydrogen-bond donors (Lipinski definition) is 1. The highest BCUT2D eigenvalue weighted by Gasteiger charge is 2.06. The highest BCUT2D eigenvalue weighted by molar-refractivity contribution is 5.83. The van der Waals surface area contributed by atoms with Gasteiger partial charge in [0.1, 0.15) is 0 Å². The fraction of sp³-hybridized carbons (Fsp3) is 0.214. The average Bonchev–Trinajstić information content (AvgIpc) is 2.37. The molecule has 2 aromatic carbocycles. The second-order valence-corrected chi connectivity index (χ2v) is 4.09. The summed E-state index contributed by atoms with van der Waals surface area (Å²) in [4.78, 5) is 13.1. The summed E-state index contributed by atoms with van der Waals surface area (Å²) in [6.45, 7) is 0.616. The molecule has 0 aliphatic heterocycles. The Bertz CT molecular complexity index is 536. The van der Waals surface area contributed by atoms with E-state index in [0.29, 0.717) is 6.54 Å². The Morgan fingerprint density at radius 3 is 2.59 bits per heavy atom. The smallest absolute Gasteiger partial charge is 0.317 e. The lowest BCUT2D eigenvalue weighted by molar-refractivity contribution is 0.209. The van der Waals surface area contributed by atoms with Gasteiger partial charge in [-0.05, 0) is 22.4 Å². The number of fused-ring (bicyclic) bond motifs is 1. The first-order valence-electron chi connectivity index (χ1n) is 5.61. The number of carbonyl (C=O) groups excluding carboxylic acids is 1. The summed E-state index contributed by atoms with van der Waals surface area (Å²) < 4.78 is 0. The minimum Gasteiger partial charge on any atom is -0.341 e. The van der Waals surface area contributed by atoms with Gasteiger partial charge in [-0.1, -0.05) is 36.4 Å². The number of nitrogens with zero attached hydrogens (tertiary/aromatic N) is 1. The van der Waals surface area contributed by atoms with Crippen LogP contribution in [0.1, 0.15) is 5.56 Å². The van der Waals surface area contributed by atoms with Gasteiger partial charge in [0.15, 0.2) is 0 Å². The number of benzene rings is 2. The quantitative estimate of drug-likeness (QED) is 0.842. The van der Waals surface area contributed by atoms with Crippen molar-refractivity contribution < 1.29 is 4.79 Å². The molecule has 17 heavy (non-hydrogen) atoms. The van der Waals surface area contributed by atoms with E-state index in [0.717, 1.165) is 5.56 Å². The van der Waals surface area contributed by atoms with Crippen molar-refractivity contribution in [1.82, 2.24) is 10.2 Å². The highest BCUT2D eigenvalue weighted by Crippen LogP contribution is 2.16. The lowest BCUT2D eigenvalue weighted by atomic mass is 10.1. The molecular weight excluding hydrogens is 212 g/mol. The van der Waals surface area contributed by atoms with E-state index >= 15 is 0 Å². The number of urea groups is 1. The fourth-order valence-electron chi connectivity index (χ4n) is 1.87. The van der Waals surface area contributed by atoms with Crippen LogP contribution in [0.4, 0.5) is 4.79 Å². The maximum atomic E-state index is 11.4. The first-order valence-corrected chi connectivity index (χ1v) is 5.61. The van der Waals surface area contributed by atoms with E-state index < -0.39 is 0 Å². The third-order valence-electron chi connectivity index (χ3n) is 2.79. The molecule has 0 radical (unpaired) electrons. The Morgan fingerprint density at radius 1 is 1.18 bits per heavy atom. The minimum absolute atomic E-state index is 0.0711. The van der Waals surface area contributed by atoms with E-state index in [1.165, 1.54) is 10.8 Å². The third-order valence-corrected chi connectivity index (χ3v) is 2.79. The largest absolute Gasteiger partial charge is 0.341 e. The van der Waals surface area contributed by atoms with Crippen LogP contribution in [0, 0.1) is 0 Å². The molecule has 88 valence electrons. The third kappa shape index (κ3) is 2.56. The molecule has 3 heteroatoms. The Hall–Kier alpha value is -2.03. The van der Waals surface area contributed by atoms with Crippen LogP contribution in [-0.2, 0) is 6.54 Å². The topological polar surface area (TPSA) is 32.3 Å². The van der Waals surface area contributed by atoms with Crippen molar-refractivity contribution in [2.24, 2.45) is 0 Å². The molecule has 0 unspecified atom stereocenters. The van der Waals surface area contributed by atoms with Gasteiger partial charge in [0.2, 0.25) is 0 Å². The van der Waals surface area contributed by atoms with Crippen molar-refractivity contribution in [3.8, 4) is 0 Å². The molecule has 2 aromatic rings. The summed E-state index contributed by atoms with van der Waals surface area (Å²) in [5.74, 6) is 0. The fourth-order valence-corrected chi connectivity index (χ4v) is 1.87. The van der Waals surface area contributed by atoms with Crippen molar-refractivity contribution in [1.29, 1.82) is 0 Å². The van der Waals surface area contributed by atoms with Crippen molar-refractivity contribution >= 4 is 16.8 Å². The van der Waals surface area contributed by atoms with Crippen LogP contribution in [0.2, 0.25) is 0 Å². The van der Waals surface area contributed by atoms with Gasteiger partial charge in [0.05, 0.1) is 0 Å². The zero-order chi connectivity index (χ0) is 12.3. The standard InChI is InChI=1S/C14H16N2O/c1-15-14(17)16(2)10-11-7-8-12-5-3-4-6-13(12)9-11/h3-9H,10H2,1-2H3,(H,15,17). The number of amides is 2. The molecule has 0 fully saturated rings. The summed E-state index contributed by atoms with van der Waals surface area (Å²) >= 11 is 0. The maximum Gasteiger partial charge on any atom is 0.317 e. The van der Waals surface area contributed by atoms with Crippen molar-refractivity contribution in [3.63, 3.8) is 0 Å². The van der Waals surface area contributed by atoms with Gasteiger partial charge in [0, 0.05) is 20.6 Å². The van der Waals surface area contributed by atoms with Gasteiger partial charge in [-0.25, -0.2) is 4.79 Å². The molecule has 0 aliphatic rings. The van der Waals surface area contributed by atoms with Gasteiger partial charge in [-0.2, -0.15) is 0 Å². The van der Waals surface area contributed by atoms with E-state index in [4.69, 9.17) is 0 Å². The van der Waals surface area contributed by atoms with Gasteiger partial charge in [0.25, 0.3) is 0 Å². The molecule has 0 spiro atoms. The van der Waals surface area contributed by atoms with Crippen LogP contribution in [0.25, 0.3) is 10.8 Å². The van der Waals surface area contributed by atoms with Gasteiger partial charge in [-0.3, -0.25) is 0 Å². The SMILES string of the molecule is CNC(=O)N(C)Cc1ccc2ccccc2c1. The molecule has 0 aliphatic carbocycles. The maximum absolute atomic E-state index is 11.4. The second-order valence-electron chi connectivity index (χ2n) is 4.09. The molecule has 0 heterocycles. The number of nitrogens with one attached hydrogen (secondary N) is 1. The van der Waals surface area contributed by atoms with Gasteiger partial charge in [-0.15, -0.1) is 0 Å². The molecular formula is C14H16N2O. The zero-order valence-electron chi connectivity index (χ0n) is 10.1. The van der Waals surface area contributed by atoms with Crippen molar-refractivity contribution in [3.05, 3.63) is 48.0 Å². The Morgan fingerprint density at radius 2 is 1.88 bits per heavy atom. The predicted octanol–water partition coefficient (Wildman–Crippen LogP) is 2.61. The van der Waals surface area contributed by atoms with Crippen LogP contribution in [0.5, 0.6) is 0 Å². The van der Waals surface area contributed by atoms with Crippen molar-refractivity contribution in [2.45, 2.75) is 6.54 Å². The average molecular weight is 228 g/mol. The summed E-state index contributed by atoms with van der Waals surface area (Å²) in [7, 11) is 3.42. The Labute approximate surface area is 101 Å². The van der Waals surface area contributed by atoms with Crippen LogP contribution in [0.3, 0.4) is 0 Å². The lowest BCUT2D eigenvalue weighted by Gasteiger charge is -2.16. The van der Waals surface area contributed by atoms with Crippen molar-refractivity contribution in [2.75, 3.05) is 14.1 Å². The molecule has 0 saturated heterocycles. The molecule has 0 atom stereocenters. The molecule has 0 aromatic heterocycles. The van der Waals surface area contributed by atoms with E-state index in [1.54, 1.807) is 19.0 Å². The molecule has 0 bridgehead atoms. The van der Waals surface area contributed by atoms with Gasteiger partial charge >= 0.3 is 6.03 Å². The monoisotopic (exact) mass is 228 g/mol. The first-order chi connectivity index (χ1) is 8.20. The second kappa shape index (κ2) is 4.87. The number of rotatable bonds is 2. The number of carbonyl (C=O) groups is 1. The summed E-state index contributed by atoms with van der Waals surface area (Å²) in [6, 6.07) is 14.4. The highest BCUT2D eigenvalue weighted by atomic mass is 16.2. The summed E-state index contributed by atoms with van der Waals surface area (Å²) in [5.41, 5.74) is 1.13. The zero-order valence-corrected chi connectivity index (χ0v) is 10.1.